The number of aromatic nitrogens is 1. The molecule has 0 amide bonds. The summed E-state index contributed by atoms with van der Waals surface area (Å²) in [6.07, 6.45) is 1.06. The highest BCUT2D eigenvalue weighted by molar-refractivity contribution is 6.31. The van der Waals surface area contributed by atoms with Crippen molar-refractivity contribution in [1.29, 1.82) is 0 Å². The zero-order valence-electron chi connectivity index (χ0n) is 7.84. The van der Waals surface area contributed by atoms with Gasteiger partial charge in [0, 0.05) is 23.3 Å². The van der Waals surface area contributed by atoms with Crippen molar-refractivity contribution in [2.45, 2.75) is 13.3 Å². The van der Waals surface area contributed by atoms with Crippen LogP contribution in [0.25, 0.3) is 10.9 Å². The molecular formula is C11H12ClN. The van der Waals surface area contributed by atoms with Crippen LogP contribution in [-0.4, -0.2) is 4.57 Å². The smallest absolute Gasteiger partial charge is 0.0494 e. The summed E-state index contributed by atoms with van der Waals surface area (Å²) < 4.78 is 2.20. The number of benzene rings is 1. The second-order valence-electron chi connectivity index (χ2n) is 3.25. The van der Waals surface area contributed by atoms with E-state index in [-0.39, 0.29) is 0 Å². The number of rotatable bonds is 1. The first kappa shape index (κ1) is 8.64. The molecule has 13 heavy (non-hydrogen) atoms. The van der Waals surface area contributed by atoms with Crippen molar-refractivity contribution in [2.75, 3.05) is 0 Å². The van der Waals surface area contributed by atoms with E-state index in [1.165, 1.54) is 16.6 Å². The van der Waals surface area contributed by atoms with Crippen molar-refractivity contribution in [1.82, 2.24) is 4.57 Å². The van der Waals surface area contributed by atoms with Crippen molar-refractivity contribution in [3.05, 3.63) is 35.0 Å². The molecule has 0 saturated carbocycles. The number of fused-ring (bicyclic) bond motifs is 1. The zero-order valence-corrected chi connectivity index (χ0v) is 8.60. The van der Waals surface area contributed by atoms with Crippen LogP contribution < -0.4 is 0 Å². The molecule has 1 aromatic heterocycles. The van der Waals surface area contributed by atoms with Crippen LogP contribution in [0, 0.1) is 0 Å². The minimum absolute atomic E-state index is 0.802. The molecule has 0 aliphatic heterocycles. The molecule has 1 heterocycles. The lowest BCUT2D eigenvalue weighted by Crippen LogP contribution is -1.92. The molecular weight excluding hydrogens is 182 g/mol. The summed E-state index contributed by atoms with van der Waals surface area (Å²) in [5.74, 6) is 0. The standard InChI is InChI=1S/C11H12ClN/c1-3-10-6-8-4-5-9(12)7-11(8)13(10)2/h4-7H,3H2,1-2H3. The van der Waals surface area contributed by atoms with E-state index < -0.39 is 0 Å². The van der Waals surface area contributed by atoms with Gasteiger partial charge in [0.15, 0.2) is 0 Å². The van der Waals surface area contributed by atoms with E-state index in [0.29, 0.717) is 0 Å². The summed E-state index contributed by atoms with van der Waals surface area (Å²) in [7, 11) is 2.08. The van der Waals surface area contributed by atoms with Crippen LogP contribution in [-0.2, 0) is 13.5 Å². The minimum Gasteiger partial charge on any atom is -0.348 e. The molecule has 0 aliphatic carbocycles. The van der Waals surface area contributed by atoms with Gasteiger partial charge in [-0.15, -0.1) is 0 Å². The fraction of sp³-hybridized carbons (Fsp3) is 0.273. The Bertz CT molecular complexity index is 443. The third-order valence-electron chi connectivity index (χ3n) is 2.47. The van der Waals surface area contributed by atoms with E-state index in [9.17, 15) is 0 Å². The third-order valence-corrected chi connectivity index (χ3v) is 2.70. The molecule has 0 radical (unpaired) electrons. The van der Waals surface area contributed by atoms with Crippen LogP contribution >= 0.6 is 11.6 Å². The molecule has 0 atom stereocenters. The van der Waals surface area contributed by atoms with Crippen LogP contribution in [0.15, 0.2) is 24.3 Å². The quantitative estimate of drug-likeness (QED) is 0.654. The molecule has 1 aromatic carbocycles. The van der Waals surface area contributed by atoms with E-state index in [2.05, 4.69) is 30.7 Å². The maximum atomic E-state index is 5.93. The Balaban J connectivity index is 2.77. The summed E-state index contributed by atoms with van der Waals surface area (Å²) in [4.78, 5) is 0. The van der Waals surface area contributed by atoms with Crippen LogP contribution in [0.1, 0.15) is 12.6 Å². The average molecular weight is 194 g/mol. The summed E-state index contributed by atoms with van der Waals surface area (Å²) >= 11 is 5.93. The predicted octanol–water partition coefficient (Wildman–Crippen LogP) is 3.39. The molecule has 2 rings (SSSR count). The summed E-state index contributed by atoms with van der Waals surface area (Å²) in [6, 6.07) is 8.22. The first-order valence-corrected chi connectivity index (χ1v) is 4.84. The SMILES string of the molecule is CCc1cc2ccc(Cl)cc2n1C. The van der Waals surface area contributed by atoms with Crippen LogP contribution in [0.3, 0.4) is 0 Å². The average Bonchev–Trinajstić information content (AvgIpc) is 2.44. The van der Waals surface area contributed by atoms with Gasteiger partial charge in [-0.25, -0.2) is 0 Å². The predicted molar refractivity (Wildman–Crippen MR) is 57.3 cm³/mol. The molecule has 0 aliphatic rings. The van der Waals surface area contributed by atoms with Crippen molar-refractivity contribution in [3.63, 3.8) is 0 Å². The second kappa shape index (κ2) is 3.08. The Morgan fingerprint density at radius 3 is 2.77 bits per heavy atom. The van der Waals surface area contributed by atoms with Crippen molar-refractivity contribution in [3.8, 4) is 0 Å². The van der Waals surface area contributed by atoms with Gasteiger partial charge in [0.25, 0.3) is 0 Å². The summed E-state index contributed by atoms with van der Waals surface area (Å²) in [5.41, 5.74) is 2.56. The Morgan fingerprint density at radius 2 is 2.08 bits per heavy atom. The highest BCUT2D eigenvalue weighted by Crippen LogP contribution is 2.22. The van der Waals surface area contributed by atoms with Gasteiger partial charge >= 0.3 is 0 Å². The van der Waals surface area contributed by atoms with Crippen LogP contribution in [0.5, 0.6) is 0 Å². The molecule has 0 spiro atoms. The second-order valence-corrected chi connectivity index (χ2v) is 3.69. The van der Waals surface area contributed by atoms with Crippen LogP contribution in [0.2, 0.25) is 5.02 Å². The van der Waals surface area contributed by atoms with Crippen molar-refractivity contribution >= 4 is 22.5 Å². The van der Waals surface area contributed by atoms with E-state index in [0.717, 1.165) is 11.4 Å². The Hall–Kier alpha value is -0.950. The Labute approximate surface area is 82.9 Å². The molecule has 0 bridgehead atoms. The zero-order chi connectivity index (χ0) is 9.42. The monoisotopic (exact) mass is 193 g/mol. The van der Waals surface area contributed by atoms with Gasteiger partial charge in [-0.2, -0.15) is 0 Å². The van der Waals surface area contributed by atoms with E-state index in [1.807, 2.05) is 12.1 Å². The topological polar surface area (TPSA) is 4.93 Å². The molecule has 2 aromatic rings. The van der Waals surface area contributed by atoms with Crippen LogP contribution in [0.4, 0.5) is 0 Å². The van der Waals surface area contributed by atoms with Gasteiger partial charge in [0.05, 0.1) is 0 Å². The van der Waals surface area contributed by atoms with Gasteiger partial charge in [0.1, 0.15) is 0 Å². The fourth-order valence-corrected chi connectivity index (χ4v) is 1.87. The maximum Gasteiger partial charge on any atom is 0.0494 e. The molecule has 0 fully saturated rings. The number of halogens is 1. The lowest BCUT2D eigenvalue weighted by atomic mass is 10.2. The molecule has 2 heteroatoms. The highest BCUT2D eigenvalue weighted by Gasteiger charge is 2.03. The first-order valence-electron chi connectivity index (χ1n) is 4.46. The lowest BCUT2D eigenvalue weighted by molar-refractivity contribution is 0.866. The normalized spacial score (nSPS) is 11.0. The van der Waals surface area contributed by atoms with E-state index >= 15 is 0 Å². The molecule has 1 nitrogen and oxygen atoms in total. The summed E-state index contributed by atoms with van der Waals surface area (Å²) in [5, 5.41) is 2.07. The van der Waals surface area contributed by atoms with E-state index in [4.69, 9.17) is 11.6 Å². The van der Waals surface area contributed by atoms with Gasteiger partial charge in [0.2, 0.25) is 0 Å². The molecule has 0 saturated heterocycles. The molecule has 0 N–H and O–H groups in total. The lowest BCUT2D eigenvalue weighted by Gasteiger charge is -2.00. The third kappa shape index (κ3) is 1.33. The maximum absolute atomic E-state index is 5.93. The van der Waals surface area contributed by atoms with Gasteiger partial charge in [-0.05, 0) is 30.0 Å². The minimum atomic E-state index is 0.802. The van der Waals surface area contributed by atoms with Gasteiger partial charge in [-0.1, -0.05) is 24.6 Å². The number of nitrogens with zero attached hydrogens (tertiary/aromatic N) is 1. The number of hydrogen-bond acceptors (Lipinski definition) is 0. The van der Waals surface area contributed by atoms with Crippen molar-refractivity contribution < 1.29 is 0 Å². The first-order chi connectivity index (χ1) is 6.22. The van der Waals surface area contributed by atoms with Gasteiger partial charge in [-0.3, -0.25) is 0 Å². The molecule has 0 unspecified atom stereocenters. The van der Waals surface area contributed by atoms with E-state index in [1.54, 1.807) is 0 Å². The summed E-state index contributed by atoms with van der Waals surface area (Å²) in [6.45, 7) is 2.16. The Morgan fingerprint density at radius 1 is 1.31 bits per heavy atom. The Kier molecular flexibility index (Phi) is 2.04. The largest absolute Gasteiger partial charge is 0.348 e. The number of hydrogen-bond donors (Lipinski definition) is 0. The number of aryl methyl sites for hydroxylation is 2. The molecule has 68 valence electrons. The van der Waals surface area contributed by atoms with Crippen molar-refractivity contribution in [2.24, 2.45) is 7.05 Å². The van der Waals surface area contributed by atoms with Gasteiger partial charge < -0.3 is 4.57 Å². The fourth-order valence-electron chi connectivity index (χ4n) is 1.70. The highest BCUT2D eigenvalue weighted by atomic mass is 35.5.